The Morgan fingerprint density at radius 1 is 1.08 bits per heavy atom. The van der Waals surface area contributed by atoms with Crippen LogP contribution in [-0.2, 0) is 0 Å². The second-order valence-electron chi connectivity index (χ2n) is 5.99. The highest BCUT2D eigenvalue weighted by Crippen LogP contribution is 2.39. The summed E-state index contributed by atoms with van der Waals surface area (Å²) < 4.78 is 0. The van der Waals surface area contributed by atoms with Crippen LogP contribution in [0.4, 0.5) is 0 Å². The van der Waals surface area contributed by atoms with Crippen LogP contribution in [0.1, 0.15) is 18.1 Å². The summed E-state index contributed by atoms with van der Waals surface area (Å²) in [5.41, 5.74) is 9.20. The number of hydrogen-bond acceptors (Lipinski definition) is 1. The number of hydrogen-bond donors (Lipinski definition) is 0. The zero-order chi connectivity index (χ0) is 18.7. The lowest BCUT2D eigenvalue weighted by molar-refractivity contribution is 0.649. The molecule has 1 aliphatic heterocycles. The fourth-order valence-electron chi connectivity index (χ4n) is 3.07. The lowest BCUT2D eigenvalue weighted by Gasteiger charge is -2.23. The van der Waals surface area contributed by atoms with Crippen LogP contribution < -0.4 is 0 Å². The predicted molar refractivity (Wildman–Crippen MR) is 113 cm³/mol. The second kappa shape index (κ2) is 7.85. The van der Waals surface area contributed by atoms with E-state index in [4.69, 9.17) is 23.2 Å². The number of halogens is 2. The van der Waals surface area contributed by atoms with Gasteiger partial charge in [-0.25, -0.2) is 0 Å². The zero-order valence-corrected chi connectivity index (χ0v) is 16.3. The van der Waals surface area contributed by atoms with Crippen LogP contribution >= 0.6 is 23.2 Å². The van der Waals surface area contributed by atoms with Gasteiger partial charge in [0.2, 0.25) is 0 Å². The van der Waals surface area contributed by atoms with Crippen LogP contribution in [0.15, 0.2) is 85.0 Å². The Balaban J connectivity index is 2.22. The Labute approximate surface area is 164 Å². The lowest BCUT2D eigenvalue weighted by Crippen LogP contribution is -2.11. The first-order chi connectivity index (χ1) is 12.5. The van der Waals surface area contributed by atoms with Gasteiger partial charge in [-0.2, -0.15) is 0 Å². The van der Waals surface area contributed by atoms with Crippen LogP contribution in [-0.4, -0.2) is 4.90 Å². The molecular formula is C23H19Cl2N. The molecule has 0 bridgehead atoms. The van der Waals surface area contributed by atoms with Crippen molar-refractivity contribution < 1.29 is 0 Å². The minimum atomic E-state index is 0.666. The largest absolute Gasteiger partial charge is 0.317 e. The molecule has 1 aliphatic rings. The highest BCUT2D eigenvalue weighted by molar-refractivity contribution is 6.35. The van der Waals surface area contributed by atoms with Crippen molar-refractivity contribution in [3.63, 3.8) is 0 Å². The Kier molecular flexibility index (Phi) is 5.54. The Morgan fingerprint density at radius 2 is 1.88 bits per heavy atom. The average Bonchev–Trinajstić information content (AvgIpc) is 2.64. The third-order valence-corrected chi connectivity index (χ3v) is 4.81. The first-order valence-corrected chi connectivity index (χ1v) is 9.07. The molecule has 3 rings (SSSR count). The van der Waals surface area contributed by atoms with E-state index >= 15 is 0 Å². The molecule has 130 valence electrons. The van der Waals surface area contributed by atoms with E-state index in [1.54, 1.807) is 6.07 Å². The summed E-state index contributed by atoms with van der Waals surface area (Å²) >= 11 is 12.7. The van der Waals surface area contributed by atoms with E-state index in [0.717, 1.165) is 33.5 Å². The monoisotopic (exact) mass is 379 g/mol. The fourth-order valence-corrected chi connectivity index (χ4v) is 3.45. The molecule has 2 aromatic rings. The van der Waals surface area contributed by atoms with Gasteiger partial charge in [0, 0.05) is 28.0 Å². The van der Waals surface area contributed by atoms with Gasteiger partial charge in [0.05, 0.1) is 5.70 Å². The number of benzene rings is 2. The Morgan fingerprint density at radius 3 is 2.62 bits per heavy atom. The molecule has 0 atom stereocenters. The topological polar surface area (TPSA) is 3.24 Å². The van der Waals surface area contributed by atoms with Crippen molar-refractivity contribution in [2.24, 2.45) is 0 Å². The maximum absolute atomic E-state index is 6.50. The summed E-state index contributed by atoms with van der Waals surface area (Å²) in [5, 5.41) is 1.35. The van der Waals surface area contributed by atoms with E-state index in [9.17, 15) is 0 Å². The number of nitrogens with zero attached hydrogens (tertiary/aromatic N) is 1. The van der Waals surface area contributed by atoms with Crippen molar-refractivity contribution >= 4 is 28.8 Å². The molecule has 26 heavy (non-hydrogen) atoms. The molecule has 0 amide bonds. The summed E-state index contributed by atoms with van der Waals surface area (Å²) in [4.78, 5) is 2.01. The number of allylic oxidation sites excluding steroid dienone is 4. The molecule has 0 unspecified atom stereocenters. The molecule has 1 heterocycles. The molecule has 0 saturated carbocycles. The summed E-state index contributed by atoms with van der Waals surface area (Å²) in [7, 11) is 0. The van der Waals surface area contributed by atoms with Crippen LogP contribution in [0, 0.1) is 6.92 Å². The van der Waals surface area contributed by atoms with E-state index in [1.165, 1.54) is 0 Å². The van der Waals surface area contributed by atoms with E-state index in [2.05, 4.69) is 49.7 Å². The second-order valence-corrected chi connectivity index (χ2v) is 6.83. The molecule has 0 saturated heterocycles. The van der Waals surface area contributed by atoms with E-state index < -0.39 is 0 Å². The summed E-state index contributed by atoms with van der Waals surface area (Å²) in [5.74, 6) is 0. The van der Waals surface area contributed by atoms with Gasteiger partial charge in [0.1, 0.15) is 0 Å². The van der Waals surface area contributed by atoms with E-state index in [-0.39, 0.29) is 0 Å². The van der Waals surface area contributed by atoms with Crippen molar-refractivity contribution in [3.8, 4) is 11.1 Å². The quantitative estimate of drug-likeness (QED) is 0.502. The fraction of sp³-hybridized carbons (Fsp3) is 0.0870. The van der Waals surface area contributed by atoms with Crippen molar-refractivity contribution in [2.45, 2.75) is 13.8 Å². The van der Waals surface area contributed by atoms with E-state index in [1.807, 2.05) is 42.3 Å². The third kappa shape index (κ3) is 3.57. The van der Waals surface area contributed by atoms with Gasteiger partial charge in [-0.15, -0.1) is 5.73 Å². The summed E-state index contributed by atoms with van der Waals surface area (Å²) in [6.45, 7) is 7.83. The first-order valence-electron chi connectivity index (χ1n) is 8.31. The number of aryl methyl sites for hydroxylation is 1. The van der Waals surface area contributed by atoms with Crippen LogP contribution in [0.2, 0.25) is 10.0 Å². The smallest absolute Gasteiger partial charge is 0.0874 e. The molecule has 0 spiro atoms. The van der Waals surface area contributed by atoms with Crippen molar-refractivity contribution in [3.05, 3.63) is 106 Å². The normalized spacial score (nSPS) is 13.9. The third-order valence-electron chi connectivity index (χ3n) is 4.25. The van der Waals surface area contributed by atoms with Crippen LogP contribution in [0.5, 0.6) is 0 Å². The summed E-state index contributed by atoms with van der Waals surface area (Å²) in [6, 6.07) is 11.8. The molecule has 0 aromatic heterocycles. The van der Waals surface area contributed by atoms with Gasteiger partial charge in [-0.3, -0.25) is 0 Å². The SMILES string of the molecule is C=C=C1C=CC(c2cccc(C)c2-c2cc(Cl)ccc2Cl)=CN1C=CC. The molecule has 1 nitrogen and oxygen atoms in total. The van der Waals surface area contributed by atoms with Gasteiger partial charge >= 0.3 is 0 Å². The van der Waals surface area contributed by atoms with Gasteiger partial charge in [-0.05, 0) is 60.4 Å². The Bertz CT molecular complexity index is 989. The molecule has 2 aromatic carbocycles. The predicted octanol–water partition coefficient (Wildman–Crippen LogP) is 7.38. The van der Waals surface area contributed by atoms with Gasteiger partial charge in [-0.1, -0.05) is 60.1 Å². The number of rotatable bonds is 3. The molecular weight excluding hydrogens is 361 g/mol. The highest BCUT2D eigenvalue weighted by atomic mass is 35.5. The van der Waals surface area contributed by atoms with Crippen LogP contribution in [0.25, 0.3) is 16.7 Å². The first kappa shape index (κ1) is 18.4. The van der Waals surface area contributed by atoms with Crippen LogP contribution in [0.3, 0.4) is 0 Å². The van der Waals surface area contributed by atoms with Crippen molar-refractivity contribution in [1.82, 2.24) is 4.90 Å². The maximum Gasteiger partial charge on any atom is 0.0874 e. The minimum Gasteiger partial charge on any atom is -0.317 e. The molecule has 3 heteroatoms. The molecule has 0 N–H and O–H groups in total. The molecule has 0 aliphatic carbocycles. The highest BCUT2D eigenvalue weighted by Gasteiger charge is 2.17. The zero-order valence-electron chi connectivity index (χ0n) is 14.8. The molecule has 0 radical (unpaired) electrons. The average molecular weight is 380 g/mol. The Hall–Kier alpha value is -2.44. The standard InChI is InChI=1S/C23H19Cl2N/c1-4-13-26-15-17(9-11-19(26)5-2)20-8-6-7-16(3)23(20)21-14-18(24)10-12-22(21)25/h4,6-15H,2H2,1,3H3. The van der Waals surface area contributed by atoms with Crippen molar-refractivity contribution in [1.29, 1.82) is 0 Å². The maximum atomic E-state index is 6.50. The van der Waals surface area contributed by atoms with E-state index in [0.29, 0.717) is 10.0 Å². The van der Waals surface area contributed by atoms with Crippen molar-refractivity contribution in [2.75, 3.05) is 0 Å². The molecule has 0 fully saturated rings. The lowest BCUT2D eigenvalue weighted by atomic mass is 9.90. The van der Waals surface area contributed by atoms with Gasteiger partial charge in [0.15, 0.2) is 0 Å². The van der Waals surface area contributed by atoms with Gasteiger partial charge in [0.25, 0.3) is 0 Å². The summed E-state index contributed by atoms with van der Waals surface area (Å²) in [6.07, 6.45) is 10.1. The van der Waals surface area contributed by atoms with Gasteiger partial charge < -0.3 is 4.90 Å². The minimum absolute atomic E-state index is 0.666.